The monoisotopic (exact) mass is 333 g/mol. The Kier molecular flexibility index (Phi) is 5.32. The summed E-state index contributed by atoms with van der Waals surface area (Å²) in [6.07, 6.45) is 0. The molecule has 25 heavy (non-hydrogen) atoms. The Morgan fingerprint density at radius 2 is 1.48 bits per heavy atom. The van der Waals surface area contributed by atoms with Gasteiger partial charge in [0.2, 0.25) is 0 Å². The highest BCUT2D eigenvalue weighted by atomic mass is 16.5. The highest BCUT2D eigenvalue weighted by Crippen LogP contribution is 2.30. The van der Waals surface area contributed by atoms with Crippen molar-refractivity contribution in [3.63, 3.8) is 0 Å². The Hall–Kier alpha value is -3.27. The SMILES string of the molecule is CCOc1ccc(Oc2ccccc2NC(=O)c2ccccc2)cc1. The molecule has 4 heteroatoms. The van der Waals surface area contributed by atoms with Gasteiger partial charge in [-0.2, -0.15) is 0 Å². The number of ether oxygens (including phenoxy) is 2. The molecule has 0 aliphatic rings. The molecule has 0 spiro atoms. The molecule has 0 aromatic heterocycles. The number of rotatable bonds is 6. The maximum Gasteiger partial charge on any atom is 0.255 e. The predicted molar refractivity (Wildman–Crippen MR) is 98.5 cm³/mol. The minimum atomic E-state index is -0.177. The van der Waals surface area contributed by atoms with Gasteiger partial charge in [0.25, 0.3) is 5.91 Å². The first-order valence-corrected chi connectivity index (χ1v) is 8.12. The zero-order valence-electron chi connectivity index (χ0n) is 13.9. The molecule has 0 radical (unpaired) electrons. The van der Waals surface area contributed by atoms with Crippen molar-refractivity contribution in [1.82, 2.24) is 0 Å². The number of carbonyl (C=O) groups is 1. The molecule has 0 aliphatic carbocycles. The minimum absolute atomic E-state index is 0.177. The molecule has 0 saturated heterocycles. The third kappa shape index (κ3) is 4.38. The zero-order chi connectivity index (χ0) is 17.5. The normalized spacial score (nSPS) is 10.1. The first-order valence-electron chi connectivity index (χ1n) is 8.12. The van der Waals surface area contributed by atoms with Crippen LogP contribution in [0, 0.1) is 0 Å². The van der Waals surface area contributed by atoms with Gasteiger partial charge in [-0.25, -0.2) is 0 Å². The fourth-order valence-electron chi connectivity index (χ4n) is 2.34. The van der Waals surface area contributed by atoms with Crippen molar-refractivity contribution in [2.24, 2.45) is 0 Å². The number of anilines is 1. The van der Waals surface area contributed by atoms with Gasteiger partial charge in [-0.15, -0.1) is 0 Å². The van der Waals surface area contributed by atoms with Gasteiger partial charge in [0, 0.05) is 5.56 Å². The highest BCUT2D eigenvalue weighted by Gasteiger charge is 2.10. The average Bonchev–Trinajstić information content (AvgIpc) is 2.66. The van der Waals surface area contributed by atoms with Crippen LogP contribution in [0.3, 0.4) is 0 Å². The first-order chi connectivity index (χ1) is 12.3. The molecule has 0 saturated carbocycles. The summed E-state index contributed by atoms with van der Waals surface area (Å²) in [6, 6.07) is 23.8. The molecule has 3 aromatic rings. The lowest BCUT2D eigenvalue weighted by Gasteiger charge is -2.12. The van der Waals surface area contributed by atoms with Crippen LogP contribution in [0.4, 0.5) is 5.69 Å². The fourth-order valence-corrected chi connectivity index (χ4v) is 2.34. The fraction of sp³-hybridized carbons (Fsp3) is 0.0952. The number of para-hydroxylation sites is 2. The van der Waals surface area contributed by atoms with Crippen molar-refractivity contribution in [3.8, 4) is 17.2 Å². The molecule has 3 aromatic carbocycles. The van der Waals surface area contributed by atoms with E-state index in [-0.39, 0.29) is 5.91 Å². The van der Waals surface area contributed by atoms with E-state index in [9.17, 15) is 4.79 Å². The second-order valence-electron chi connectivity index (χ2n) is 5.32. The maximum atomic E-state index is 12.4. The zero-order valence-corrected chi connectivity index (χ0v) is 13.9. The standard InChI is InChI=1S/C21H19NO3/c1-2-24-17-12-14-18(15-13-17)25-20-11-7-6-10-19(20)22-21(23)16-8-4-3-5-9-16/h3-15H,2H2,1H3,(H,22,23). The lowest BCUT2D eigenvalue weighted by atomic mass is 10.2. The molecule has 3 rings (SSSR count). The van der Waals surface area contributed by atoms with Crippen molar-refractivity contribution in [2.75, 3.05) is 11.9 Å². The first kappa shape index (κ1) is 16.6. The summed E-state index contributed by atoms with van der Waals surface area (Å²) in [5.41, 5.74) is 1.21. The van der Waals surface area contributed by atoms with Crippen LogP contribution in [0.1, 0.15) is 17.3 Å². The second-order valence-corrected chi connectivity index (χ2v) is 5.32. The van der Waals surface area contributed by atoms with E-state index in [1.54, 1.807) is 12.1 Å². The molecule has 1 amide bonds. The van der Waals surface area contributed by atoms with Gasteiger partial charge in [-0.05, 0) is 55.5 Å². The van der Waals surface area contributed by atoms with Crippen LogP contribution in [0.15, 0.2) is 78.9 Å². The van der Waals surface area contributed by atoms with E-state index in [2.05, 4.69) is 5.32 Å². The van der Waals surface area contributed by atoms with Gasteiger partial charge in [-0.1, -0.05) is 30.3 Å². The molecule has 0 atom stereocenters. The molecular formula is C21H19NO3. The minimum Gasteiger partial charge on any atom is -0.494 e. The van der Waals surface area contributed by atoms with Crippen LogP contribution in [0.2, 0.25) is 0 Å². The largest absolute Gasteiger partial charge is 0.494 e. The molecule has 126 valence electrons. The molecule has 1 N–H and O–H groups in total. The summed E-state index contributed by atoms with van der Waals surface area (Å²) in [5, 5.41) is 2.89. The summed E-state index contributed by atoms with van der Waals surface area (Å²) in [4.78, 5) is 12.4. The highest BCUT2D eigenvalue weighted by molar-refractivity contribution is 6.05. The lowest BCUT2D eigenvalue weighted by molar-refractivity contribution is 0.102. The van der Waals surface area contributed by atoms with Crippen molar-refractivity contribution in [1.29, 1.82) is 0 Å². The molecular weight excluding hydrogens is 314 g/mol. The van der Waals surface area contributed by atoms with E-state index < -0.39 is 0 Å². The Morgan fingerprint density at radius 3 is 2.20 bits per heavy atom. The predicted octanol–water partition coefficient (Wildman–Crippen LogP) is 5.13. The number of nitrogens with one attached hydrogen (secondary N) is 1. The van der Waals surface area contributed by atoms with Crippen molar-refractivity contribution in [2.45, 2.75) is 6.92 Å². The van der Waals surface area contributed by atoms with Crippen LogP contribution in [0.25, 0.3) is 0 Å². The number of hydrogen-bond acceptors (Lipinski definition) is 3. The van der Waals surface area contributed by atoms with Crippen molar-refractivity contribution >= 4 is 11.6 Å². The van der Waals surface area contributed by atoms with Gasteiger partial charge < -0.3 is 14.8 Å². The van der Waals surface area contributed by atoms with Gasteiger partial charge >= 0.3 is 0 Å². The van der Waals surface area contributed by atoms with E-state index in [4.69, 9.17) is 9.47 Å². The molecule has 0 fully saturated rings. The average molecular weight is 333 g/mol. The van der Waals surface area contributed by atoms with E-state index >= 15 is 0 Å². The summed E-state index contributed by atoms with van der Waals surface area (Å²) in [7, 11) is 0. The molecule has 0 bridgehead atoms. The van der Waals surface area contributed by atoms with Crippen LogP contribution in [0.5, 0.6) is 17.2 Å². The second kappa shape index (κ2) is 8.02. The van der Waals surface area contributed by atoms with Crippen LogP contribution in [-0.2, 0) is 0 Å². The van der Waals surface area contributed by atoms with Crippen LogP contribution >= 0.6 is 0 Å². The summed E-state index contributed by atoms with van der Waals surface area (Å²) >= 11 is 0. The third-order valence-corrected chi connectivity index (χ3v) is 3.53. The Labute approximate surface area is 147 Å². The van der Waals surface area contributed by atoms with E-state index in [0.29, 0.717) is 29.4 Å². The van der Waals surface area contributed by atoms with Crippen molar-refractivity contribution in [3.05, 3.63) is 84.4 Å². The number of hydrogen-bond donors (Lipinski definition) is 1. The molecule has 0 unspecified atom stereocenters. The molecule has 0 heterocycles. The topological polar surface area (TPSA) is 47.6 Å². The lowest BCUT2D eigenvalue weighted by Crippen LogP contribution is -2.12. The third-order valence-electron chi connectivity index (χ3n) is 3.53. The molecule has 4 nitrogen and oxygen atoms in total. The van der Waals surface area contributed by atoms with E-state index in [1.165, 1.54) is 0 Å². The van der Waals surface area contributed by atoms with Gasteiger partial charge in [-0.3, -0.25) is 4.79 Å². The van der Waals surface area contributed by atoms with Gasteiger partial charge in [0.1, 0.15) is 11.5 Å². The summed E-state index contributed by atoms with van der Waals surface area (Å²) in [5.74, 6) is 1.87. The van der Waals surface area contributed by atoms with Crippen molar-refractivity contribution < 1.29 is 14.3 Å². The maximum absolute atomic E-state index is 12.4. The van der Waals surface area contributed by atoms with E-state index in [1.807, 2.05) is 73.7 Å². The van der Waals surface area contributed by atoms with Gasteiger partial charge in [0.15, 0.2) is 5.75 Å². The summed E-state index contributed by atoms with van der Waals surface area (Å²) in [6.45, 7) is 2.56. The Bertz CT molecular complexity index is 829. The Balaban J connectivity index is 1.75. The number of amides is 1. The summed E-state index contributed by atoms with van der Waals surface area (Å²) < 4.78 is 11.3. The van der Waals surface area contributed by atoms with Crippen LogP contribution < -0.4 is 14.8 Å². The smallest absolute Gasteiger partial charge is 0.255 e. The van der Waals surface area contributed by atoms with Gasteiger partial charge in [0.05, 0.1) is 12.3 Å². The van der Waals surface area contributed by atoms with E-state index in [0.717, 1.165) is 5.75 Å². The number of benzene rings is 3. The Morgan fingerprint density at radius 1 is 0.840 bits per heavy atom. The quantitative estimate of drug-likeness (QED) is 0.680. The number of carbonyl (C=O) groups excluding carboxylic acids is 1. The van der Waals surface area contributed by atoms with Crippen LogP contribution in [-0.4, -0.2) is 12.5 Å². The molecule has 0 aliphatic heterocycles.